The van der Waals surface area contributed by atoms with Gasteiger partial charge in [0.2, 0.25) is 0 Å². The van der Waals surface area contributed by atoms with E-state index in [0.717, 1.165) is 0 Å². The first kappa shape index (κ1) is 25.3. The number of fused-ring (bicyclic) bond motifs is 1. The first-order valence-electron chi connectivity index (χ1n) is 12.3. The van der Waals surface area contributed by atoms with Gasteiger partial charge in [-0.3, -0.25) is 4.79 Å². The minimum Gasteiger partial charge on any atom is -0.399 e. The molecule has 4 heterocycles. The third-order valence-corrected chi connectivity index (χ3v) is 9.21. The van der Waals surface area contributed by atoms with Gasteiger partial charge < -0.3 is 15.3 Å². The number of halogens is 1. The van der Waals surface area contributed by atoms with Crippen molar-refractivity contribution in [3.05, 3.63) is 59.2 Å². The topological polar surface area (TPSA) is 107 Å². The third-order valence-electron chi connectivity index (χ3n) is 9.21. The minimum atomic E-state index is -1.04. The van der Waals surface area contributed by atoms with Gasteiger partial charge in [0.1, 0.15) is 66.6 Å². The van der Waals surface area contributed by atoms with Crippen molar-refractivity contribution in [3.63, 3.8) is 0 Å². The Hall–Kier alpha value is -3.32. The number of benzene rings is 1. The summed E-state index contributed by atoms with van der Waals surface area (Å²) in [5.41, 5.74) is 0.712. The Morgan fingerprint density at radius 1 is 1.08 bits per heavy atom. The number of carbonyl (C=O) groups is 1. The van der Waals surface area contributed by atoms with Gasteiger partial charge in [0.25, 0.3) is 5.91 Å². The average Bonchev–Trinajstić information content (AvgIpc) is 3.46. The van der Waals surface area contributed by atoms with Gasteiger partial charge in [-0.1, -0.05) is 11.3 Å². The summed E-state index contributed by atoms with van der Waals surface area (Å²) in [5.74, 6) is -0.225. The Morgan fingerprint density at radius 3 is 2.41 bits per heavy atom. The van der Waals surface area contributed by atoms with E-state index in [9.17, 15) is 19.6 Å². The average molecular weight is 487 g/mol. The van der Waals surface area contributed by atoms with Gasteiger partial charge in [-0.25, -0.2) is 14.1 Å². The SMILES string of the molecule is BC1(B)N(c2ccn(-c3cc(-c4c(F)cccc4C#N)nc4c3C(=O)NC4)n2)C(B)(B)[C@](B)(O)C1(B)B. The predicted octanol–water partition coefficient (Wildman–Crippen LogP) is -5.45. The molecule has 1 amide bonds. The standard InChI is InChI=1S/C21H24B7FN6O2/c22-18(23)19(24,37)21(27,28)35(20(18,25)26)14-4-5-34(33-14)13-6-11(32-12-8-31-17(36)16(12)13)15-9(7-30)2-1-3-10(15)29/h1-6,37H,8,22-28H2,(H,31,36)/t19-/m1/s1. The van der Waals surface area contributed by atoms with Crippen molar-refractivity contribution in [2.45, 2.75) is 27.9 Å². The van der Waals surface area contributed by atoms with Crippen molar-refractivity contribution in [3.8, 4) is 23.0 Å². The number of aromatic nitrogens is 3. The lowest BCUT2D eigenvalue weighted by molar-refractivity contribution is 0.0965. The number of rotatable bonds is 3. The number of nitrogens with one attached hydrogen (secondary N) is 1. The maximum absolute atomic E-state index is 14.9. The van der Waals surface area contributed by atoms with E-state index in [1.54, 1.807) is 16.9 Å². The van der Waals surface area contributed by atoms with E-state index in [0.29, 0.717) is 22.8 Å². The van der Waals surface area contributed by atoms with E-state index in [-0.39, 0.29) is 29.3 Å². The minimum absolute atomic E-state index is 0.0837. The molecule has 0 unspecified atom stereocenters. The van der Waals surface area contributed by atoms with Crippen LogP contribution in [0, 0.1) is 17.1 Å². The summed E-state index contributed by atoms with van der Waals surface area (Å²) >= 11 is 0. The predicted molar refractivity (Wildman–Crippen MR) is 158 cm³/mol. The van der Waals surface area contributed by atoms with E-state index in [4.69, 9.17) is 5.10 Å². The summed E-state index contributed by atoms with van der Waals surface area (Å²) in [7, 11) is 14.1. The third kappa shape index (κ3) is 3.23. The van der Waals surface area contributed by atoms with Gasteiger partial charge in [-0.05, 0) is 28.9 Å². The number of hydrogen-bond acceptors (Lipinski definition) is 6. The fourth-order valence-electron chi connectivity index (χ4n) is 6.09. The zero-order chi connectivity index (χ0) is 27.1. The van der Waals surface area contributed by atoms with Crippen LogP contribution in [0.5, 0.6) is 0 Å². The quantitative estimate of drug-likeness (QED) is 0.358. The fraction of sp³-hybridized carbons (Fsp3) is 0.238. The highest BCUT2D eigenvalue weighted by Gasteiger charge is 2.67. The van der Waals surface area contributed by atoms with Crippen LogP contribution in [-0.4, -0.2) is 96.9 Å². The van der Waals surface area contributed by atoms with Crippen LogP contribution in [0.1, 0.15) is 21.6 Å². The molecule has 3 aromatic rings. The van der Waals surface area contributed by atoms with Gasteiger partial charge in [-0.15, -0.1) is 0 Å². The van der Waals surface area contributed by atoms with Crippen LogP contribution in [0.15, 0.2) is 36.5 Å². The van der Waals surface area contributed by atoms with Crippen molar-refractivity contribution in [2.75, 3.05) is 4.90 Å². The number of aliphatic hydroxyl groups is 1. The summed E-state index contributed by atoms with van der Waals surface area (Å²) in [6.45, 7) is 0.197. The second-order valence-corrected chi connectivity index (χ2v) is 11.6. The van der Waals surface area contributed by atoms with Crippen molar-refractivity contribution in [2.24, 2.45) is 0 Å². The second kappa shape index (κ2) is 7.84. The molecule has 37 heavy (non-hydrogen) atoms. The van der Waals surface area contributed by atoms with Crippen molar-refractivity contribution >= 4 is 66.6 Å². The molecule has 0 bridgehead atoms. The molecule has 1 saturated heterocycles. The van der Waals surface area contributed by atoms with Gasteiger partial charge in [0, 0.05) is 17.8 Å². The Labute approximate surface area is 221 Å². The van der Waals surface area contributed by atoms with E-state index < -0.39 is 27.2 Å². The monoisotopic (exact) mass is 488 g/mol. The number of amides is 1. The highest BCUT2D eigenvalue weighted by Crippen LogP contribution is 2.56. The zero-order valence-electron chi connectivity index (χ0n) is 22.1. The molecule has 1 fully saturated rings. The molecule has 2 aliphatic rings. The van der Waals surface area contributed by atoms with Crippen molar-refractivity contribution in [1.29, 1.82) is 5.26 Å². The van der Waals surface area contributed by atoms with Crippen LogP contribution >= 0.6 is 0 Å². The van der Waals surface area contributed by atoms with Crippen LogP contribution in [-0.2, 0) is 6.54 Å². The largest absolute Gasteiger partial charge is 0.399 e. The number of pyridine rings is 1. The molecule has 0 spiro atoms. The Balaban J connectivity index is 1.69. The lowest BCUT2D eigenvalue weighted by Crippen LogP contribution is -2.63. The number of carbonyl (C=O) groups excluding carboxylic acids is 1. The molecule has 5 rings (SSSR count). The number of anilines is 1. The van der Waals surface area contributed by atoms with Gasteiger partial charge in [0.05, 0.1) is 46.4 Å². The molecule has 0 saturated carbocycles. The summed E-state index contributed by atoms with van der Waals surface area (Å²) in [4.78, 5) is 19.4. The first-order valence-corrected chi connectivity index (χ1v) is 12.3. The molecule has 1 aromatic carbocycles. The first-order chi connectivity index (χ1) is 17.2. The molecular weight excluding hydrogens is 463 g/mol. The van der Waals surface area contributed by atoms with Crippen LogP contribution in [0.4, 0.5) is 10.2 Å². The molecule has 2 aromatic heterocycles. The summed E-state index contributed by atoms with van der Waals surface area (Å²) in [6.07, 6.45) is 1.75. The van der Waals surface area contributed by atoms with Gasteiger partial charge >= 0.3 is 0 Å². The molecule has 1 atom stereocenters. The fourth-order valence-corrected chi connectivity index (χ4v) is 6.09. The number of nitrogens with zero attached hydrogens (tertiary/aromatic N) is 5. The van der Waals surface area contributed by atoms with E-state index >= 15 is 0 Å². The van der Waals surface area contributed by atoms with Crippen LogP contribution < -0.4 is 10.2 Å². The maximum atomic E-state index is 14.9. The molecule has 0 aliphatic carbocycles. The van der Waals surface area contributed by atoms with Crippen LogP contribution in [0.25, 0.3) is 16.9 Å². The zero-order valence-corrected chi connectivity index (χ0v) is 22.1. The number of hydrogen-bond donors (Lipinski definition) is 2. The van der Waals surface area contributed by atoms with Crippen LogP contribution in [0.3, 0.4) is 0 Å². The van der Waals surface area contributed by atoms with E-state index in [1.807, 2.05) is 35.7 Å². The second-order valence-electron chi connectivity index (χ2n) is 11.6. The molecule has 178 valence electrons. The van der Waals surface area contributed by atoms with Crippen molar-refractivity contribution in [1.82, 2.24) is 20.1 Å². The molecule has 2 aliphatic heterocycles. The van der Waals surface area contributed by atoms with Crippen molar-refractivity contribution < 1.29 is 14.3 Å². The van der Waals surface area contributed by atoms with E-state index in [2.05, 4.69) is 46.6 Å². The summed E-state index contributed by atoms with van der Waals surface area (Å²) in [5, 5.41) is 27.2. The maximum Gasteiger partial charge on any atom is 0.255 e. The summed E-state index contributed by atoms with van der Waals surface area (Å²) < 4.78 is 16.5. The Kier molecular flexibility index (Phi) is 5.37. The lowest BCUT2D eigenvalue weighted by Gasteiger charge is -2.45. The Bertz CT molecular complexity index is 1490. The highest BCUT2D eigenvalue weighted by atomic mass is 19.1. The molecule has 2 N–H and O–H groups in total. The molecule has 16 heteroatoms. The highest BCUT2D eigenvalue weighted by molar-refractivity contribution is 6.63. The van der Waals surface area contributed by atoms with Crippen LogP contribution in [0.2, 0.25) is 5.21 Å². The smallest absolute Gasteiger partial charge is 0.255 e. The van der Waals surface area contributed by atoms with Gasteiger partial charge in [-0.2, -0.15) is 10.4 Å². The number of nitriles is 1. The van der Waals surface area contributed by atoms with E-state index in [1.165, 1.54) is 18.2 Å². The molecule has 0 radical (unpaired) electrons. The molecule has 8 nitrogen and oxygen atoms in total. The Morgan fingerprint density at radius 2 is 1.78 bits per heavy atom. The normalized spacial score (nSPS) is 22.8. The summed E-state index contributed by atoms with van der Waals surface area (Å²) in [6, 6.07) is 9.78. The lowest BCUT2D eigenvalue weighted by atomic mass is 9.26. The molecular formula is C21H24B7FN6O2. The van der Waals surface area contributed by atoms with Gasteiger partial charge in [0.15, 0.2) is 0 Å².